The molecule has 0 aliphatic carbocycles. The number of halogens is 3. The summed E-state index contributed by atoms with van der Waals surface area (Å²) in [6.07, 6.45) is -3.09. The molecule has 0 radical (unpaired) electrons. The van der Waals surface area contributed by atoms with Crippen molar-refractivity contribution in [2.24, 2.45) is 5.92 Å². The Labute approximate surface area is 207 Å². The number of hydrogen-bond donors (Lipinski definition) is 0. The minimum absolute atomic E-state index is 0. The molecule has 4 rings (SSSR count). The molecule has 1 aromatic heterocycles. The monoisotopic (exact) mass is 476 g/mol. The Morgan fingerprint density at radius 1 is 1.27 bits per heavy atom. The molecule has 3 aliphatic rings. The van der Waals surface area contributed by atoms with Crippen molar-refractivity contribution in [3.63, 3.8) is 0 Å². The van der Waals surface area contributed by atoms with Crippen molar-refractivity contribution in [3.05, 3.63) is 35.8 Å². The van der Waals surface area contributed by atoms with Crippen LogP contribution in [0.15, 0.2) is 35.8 Å². The maximum Gasteiger partial charge on any atom is 1.00 e. The summed E-state index contributed by atoms with van der Waals surface area (Å²) < 4.78 is 43.9. The van der Waals surface area contributed by atoms with E-state index in [1.54, 1.807) is 12.1 Å². The first-order valence-corrected chi connectivity index (χ1v) is 9.49. The van der Waals surface area contributed by atoms with E-state index >= 15 is 0 Å². The number of carboxylic acid groups (broad SMARTS) is 1. The van der Waals surface area contributed by atoms with E-state index in [0.717, 1.165) is 9.80 Å². The normalized spacial score (nSPS) is 23.4. The fraction of sp³-hybridized carbons (Fsp3) is 0.421. The molecule has 1 unspecified atom stereocenters. The van der Waals surface area contributed by atoms with Gasteiger partial charge < -0.3 is 24.4 Å². The molecule has 170 valence electrons. The number of carboxylic acids is 1. The molecule has 2 saturated heterocycles. The Morgan fingerprint density at radius 3 is 2.48 bits per heavy atom. The molecule has 0 spiro atoms. The molecule has 3 aliphatic heterocycles. The number of aliphatic carboxylic acids is 1. The molecular weight excluding hydrogens is 460 g/mol. The second kappa shape index (κ2) is 8.95. The van der Waals surface area contributed by atoms with Crippen LogP contribution in [-0.2, 0) is 19.1 Å². The fourth-order valence-corrected chi connectivity index (χ4v) is 4.48. The van der Waals surface area contributed by atoms with Gasteiger partial charge in [0.25, 0.3) is 5.91 Å². The molecule has 3 amide bonds. The fourth-order valence-electron chi connectivity index (χ4n) is 4.48. The van der Waals surface area contributed by atoms with E-state index in [1.165, 1.54) is 19.4 Å². The van der Waals surface area contributed by atoms with E-state index in [1.807, 2.05) is 0 Å². The van der Waals surface area contributed by atoms with Gasteiger partial charge in [-0.3, -0.25) is 19.5 Å². The Morgan fingerprint density at radius 2 is 1.91 bits per heavy atom. The van der Waals surface area contributed by atoms with E-state index in [9.17, 15) is 37.5 Å². The Balaban J connectivity index is 0.00000306. The Kier molecular flexibility index (Phi) is 6.78. The third kappa shape index (κ3) is 4.08. The van der Waals surface area contributed by atoms with Gasteiger partial charge in [0, 0.05) is 37.6 Å². The van der Waals surface area contributed by atoms with Gasteiger partial charge in [0.05, 0.1) is 17.7 Å². The summed E-state index contributed by atoms with van der Waals surface area (Å²) >= 11 is 0. The second-order valence-corrected chi connectivity index (χ2v) is 7.52. The number of β-lactam (4-membered cyclic amide) rings is 1. The predicted molar refractivity (Wildman–Crippen MR) is 96.3 cm³/mol. The zero-order chi connectivity index (χ0) is 23.4. The number of rotatable bonds is 4. The number of nitrogens with zero attached hydrogens (tertiary/aromatic N) is 4. The summed E-state index contributed by atoms with van der Waals surface area (Å²) in [5, 5.41) is 11.7. The zero-order valence-electron chi connectivity index (χ0n) is 17.5. The number of alkyl halides is 3. The van der Waals surface area contributed by atoms with Crippen LogP contribution in [-0.4, -0.2) is 77.1 Å². The maximum absolute atomic E-state index is 12.9. The quantitative estimate of drug-likeness (QED) is 0.329. The van der Waals surface area contributed by atoms with Crippen molar-refractivity contribution in [2.45, 2.75) is 24.7 Å². The summed E-state index contributed by atoms with van der Waals surface area (Å²) in [6, 6.07) is 0.697. The molecule has 0 aromatic carbocycles. The first-order chi connectivity index (χ1) is 15.0. The SMILES string of the molecule is CN(C(=O)OCC1=C(C(=O)[O-])N2C(=O)[C@@H]3[C@H]2C1CCN3C(=O)C(F)(F)F)c1ccncc1.[Na+]. The number of carbonyl (C=O) groups excluding carboxylic acids is 4. The topological polar surface area (TPSA) is 123 Å². The molecule has 4 heterocycles. The molecular formula is C19H16F3N4NaO6. The van der Waals surface area contributed by atoms with Crippen LogP contribution in [0.1, 0.15) is 6.42 Å². The summed E-state index contributed by atoms with van der Waals surface area (Å²) in [7, 11) is 1.42. The van der Waals surface area contributed by atoms with Gasteiger partial charge in [0.2, 0.25) is 0 Å². The molecule has 0 N–H and O–H groups in total. The largest absolute Gasteiger partial charge is 1.00 e. The third-order valence-corrected chi connectivity index (χ3v) is 5.91. The van der Waals surface area contributed by atoms with Gasteiger partial charge in [-0.1, -0.05) is 0 Å². The van der Waals surface area contributed by atoms with Crippen molar-refractivity contribution >= 4 is 29.6 Å². The van der Waals surface area contributed by atoms with Crippen molar-refractivity contribution in [1.82, 2.24) is 14.8 Å². The summed E-state index contributed by atoms with van der Waals surface area (Å²) in [4.78, 5) is 54.6. The van der Waals surface area contributed by atoms with Crippen LogP contribution in [0.25, 0.3) is 0 Å². The molecule has 1 aromatic rings. The summed E-state index contributed by atoms with van der Waals surface area (Å²) in [5.74, 6) is -5.48. The third-order valence-electron chi connectivity index (χ3n) is 5.91. The van der Waals surface area contributed by atoms with E-state index in [4.69, 9.17) is 4.74 Å². The van der Waals surface area contributed by atoms with Crippen LogP contribution >= 0.6 is 0 Å². The maximum atomic E-state index is 12.9. The van der Waals surface area contributed by atoms with E-state index < -0.39 is 66.9 Å². The Bertz CT molecular complexity index is 1030. The van der Waals surface area contributed by atoms with Crippen LogP contribution in [0, 0.1) is 5.92 Å². The number of amides is 3. The molecule has 3 atom stereocenters. The second-order valence-electron chi connectivity index (χ2n) is 7.52. The standard InChI is InChI=1S/C19H17F3N4O6.Na/c1-24(9-2-5-23-6-3-9)18(31)32-8-11-10-4-7-25(17(30)19(20,21)22)14-12(10)26(15(14)27)13(11)16(28)29;/h2-3,5-6,10,12,14H,4,7-8H2,1H3,(H,28,29);/q;+1/p-1/t10?,12-,14+;/m1./s1. The number of piperidine rings is 1. The van der Waals surface area contributed by atoms with Crippen LogP contribution in [0.2, 0.25) is 0 Å². The molecule has 10 nitrogen and oxygen atoms in total. The smallest absolute Gasteiger partial charge is 0.543 e. The van der Waals surface area contributed by atoms with E-state index in [-0.39, 0.29) is 41.6 Å². The molecule has 2 fully saturated rings. The van der Waals surface area contributed by atoms with Gasteiger partial charge in [0.1, 0.15) is 12.6 Å². The minimum Gasteiger partial charge on any atom is -0.543 e. The van der Waals surface area contributed by atoms with E-state index in [2.05, 4.69) is 4.98 Å². The number of hydrogen-bond acceptors (Lipinski definition) is 7. The first-order valence-electron chi connectivity index (χ1n) is 9.49. The van der Waals surface area contributed by atoms with Crippen LogP contribution < -0.4 is 39.6 Å². The van der Waals surface area contributed by atoms with Crippen molar-refractivity contribution in [3.8, 4) is 0 Å². The predicted octanol–water partition coefficient (Wildman–Crippen LogP) is -3.33. The average molecular weight is 476 g/mol. The number of carbonyl (C=O) groups is 4. The van der Waals surface area contributed by atoms with Crippen molar-refractivity contribution in [1.29, 1.82) is 0 Å². The van der Waals surface area contributed by atoms with Crippen LogP contribution in [0.3, 0.4) is 0 Å². The van der Waals surface area contributed by atoms with Gasteiger partial charge in [-0.15, -0.1) is 0 Å². The van der Waals surface area contributed by atoms with Crippen LogP contribution in [0.5, 0.6) is 0 Å². The zero-order valence-corrected chi connectivity index (χ0v) is 19.5. The number of anilines is 1. The number of ether oxygens (including phenoxy) is 1. The molecule has 14 heteroatoms. The van der Waals surface area contributed by atoms with Crippen molar-refractivity contribution < 1.29 is 71.8 Å². The first kappa shape index (κ1) is 25.0. The average Bonchev–Trinajstić information content (AvgIpc) is 3.08. The van der Waals surface area contributed by atoms with E-state index in [0.29, 0.717) is 10.6 Å². The number of pyridine rings is 1. The number of aromatic nitrogens is 1. The van der Waals surface area contributed by atoms with Gasteiger partial charge in [-0.2, -0.15) is 13.2 Å². The number of likely N-dealkylation sites (tertiary alicyclic amines) is 1. The van der Waals surface area contributed by atoms with Gasteiger partial charge in [-0.25, -0.2) is 4.79 Å². The molecule has 0 bridgehead atoms. The minimum atomic E-state index is -5.16. The summed E-state index contributed by atoms with van der Waals surface area (Å²) in [6.45, 7) is -0.888. The van der Waals surface area contributed by atoms with Crippen LogP contribution in [0.4, 0.5) is 23.7 Å². The van der Waals surface area contributed by atoms with Crippen molar-refractivity contribution in [2.75, 3.05) is 25.1 Å². The summed E-state index contributed by atoms with van der Waals surface area (Å²) in [5.41, 5.74) is 0.00640. The van der Waals surface area contributed by atoms with Gasteiger partial charge in [0.15, 0.2) is 0 Å². The molecule has 0 saturated carbocycles. The molecule has 33 heavy (non-hydrogen) atoms. The van der Waals surface area contributed by atoms with Gasteiger partial charge >= 0.3 is 47.7 Å². The van der Waals surface area contributed by atoms with Gasteiger partial charge in [-0.05, 0) is 24.1 Å². The Hall–Kier alpha value is -2.64.